The zero-order chi connectivity index (χ0) is 27.9. The number of nitrogens with zero attached hydrogens (tertiary/aromatic N) is 5. The summed E-state index contributed by atoms with van der Waals surface area (Å²) in [6.45, 7) is 1.32. The van der Waals surface area contributed by atoms with Crippen molar-refractivity contribution in [2.75, 3.05) is 5.32 Å². The van der Waals surface area contributed by atoms with Gasteiger partial charge in [0.1, 0.15) is 11.4 Å². The van der Waals surface area contributed by atoms with E-state index in [1.807, 2.05) is 0 Å². The van der Waals surface area contributed by atoms with Gasteiger partial charge >= 0.3 is 6.18 Å². The second-order valence-electron chi connectivity index (χ2n) is 9.05. The van der Waals surface area contributed by atoms with E-state index in [0.29, 0.717) is 11.0 Å². The Hall–Kier alpha value is -4.59. The molecule has 202 valence electrons. The number of pyridine rings is 2. The number of aromatic amines is 1. The minimum Gasteiger partial charge on any atom is -0.391 e. The molecule has 0 fully saturated rings. The number of fused-ring (bicyclic) bond motifs is 2. The van der Waals surface area contributed by atoms with Gasteiger partial charge in [-0.2, -0.15) is 18.3 Å². The molecule has 0 spiro atoms. The summed E-state index contributed by atoms with van der Waals surface area (Å²) in [5, 5.41) is 23.0. The largest absolute Gasteiger partial charge is 0.423 e. The number of halogens is 4. The van der Waals surface area contributed by atoms with Gasteiger partial charge in [-0.05, 0) is 49.1 Å². The van der Waals surface area contributed by atoms with Gasteiger partial charge in [0.2, 0.25) is 0 Å². The molecule has 2 atom stereocenters. The van der Waals surface area contributed by atoms with Gasteiger partial charge < -0.3 is 15.0 Å². The van der Waals surface area contributed by atoms with Crippen LogP contribution in [-0.2, 0) is 12.7 Å². The van der Waals surface area contributed by atoms with Crippen molar-refractivity contribution in [3.8, 4) is 11.4 Å². The molecule has 10 nitrogen and oxygen atoms in total. The Morgan fingerprint density at radius 1 is 1.15 bits per heavy atom. The van der Waals surface area contributed by atoms with Crippen LogP contribution in [0.3, 0.4) is 0 Å². The van der Waals surface area contributed by atoms with Crippen molar-refractivity contribution in [3.63, 3.8) is 0 Å². The fourth-order valence-corrected chi connectivity index (χ4v) is 4.39. The van der Waals surface area contributed by atoms with E-state index in [-0.39, 0.29) is 29.7 Å². The van der Waals surface area contributed by atoms with Gasteiger partial charge in [-0.15, -0.1) is 5.10 Å². The number of alkyl halides is 3. The predicted molar refractivity (Wildman–Crippen MR) is 134 cm³/mol. The number of aliphatic hydroxyl groups excluding tert-OH is 1. The van der Waals surface area contributed by atoms with Crippen molar-refractivity contribution in [3.05, 3.63) is 87.1 Å². The molecule has 0 saturated carbocycles. The van der Waals surface area contributed by atoms with E-state index < -0.39 is 46.5 Å². The third-order valence-electron chi connectivity index (χ3n) is 6.12. The average Bonchev–Trinajstić information content (AvgIpc) is 3.29. The van der Waals surface area contributed by atoms with Crippen LogP contribution < -0.4 is 16.4 Å². The molecule has 0 aliphatic heterocycles. The van der Waals surface area contributed by atoms with Gasteiger partial charge in [0.15, 0.2) is 11.5 Å². The molecule has 14 heteroatoms. The Bertz CT molecular complexity index is 1760. The van der Waals surface area contributed by atoms with Crippen LogP contribution in [0.4, 0.5) is 23.2 Å². The molecule has 0 radical (unpaired) electrons. The van der Waals surface area contributed by atoms with Crippen molar-refractivity contribution in [2.24, 2.45) is 0 Å². The van der Waals surface area contributed by atoms with Crippen molar-refractivity contribution in [1.29, 1.82) is 0 Å². The third-order valence-corrected chi connectivity index (χ3v) is 6.12. The summed E-state index contributed by atoms with van der Waals surface area (Å²) in [6, 6.07) is 8.68. The Morgan fingerprint density at radius 3 is 2.69 bits per heavy atom. The SMILES string of the molecule is C[C@@H](CC(O)Cn1ccc2cc(-c3nc4ccccn4n3)c(F)cc2c1=O)Nc1cn[nH]c(=O)c1C(F)(F)F. The lowest BCUT2D eigenvalue weighted by atomic mass is 10.1. The maximum absolute atomic E-state index is 15.0. The molecule has 5 aromatic rings. The Morgan fingerprint density at radius 2 is 1.95 bits per heavy atom. The number of aromatic nitrogens is 6. The fraction of sp³-hybridized carbons (Fsp3) is 0.240. The van der Waals surface area contributed by atoms with E-state index in [0.717, 1.165) is 12.3 Å². The van der Waals surface area contributed by atoms with Gasteiger partial charge in [-0.1, -0.05) is 6.07 Å². The molecule has 0 saturated heterocycles. The van der Waals surface area contributed by atoms with Crippen LogP contribution >= 0.6 is 0 Å². The molecular weight excluding hydrogens is 522 g/mol. The minimum absolute atomic E-state index is 0.0680. The highest BCUT2D eigenvalue weighted by atomic mass is 19.4. The van der Waals surface area contributed by atoms with Crippen LogP contribution in [0.1, 0.15) is 18.9 Å². The molecule has 4 heterocycles. The van der Waals surface area contributed by atoms with E-state index >= 15 is 4.39 Å². The molecule has 5 rings (SSSR count). The molecule has 0 amide bonds. The summed E-state index contributed by atoms with van der Waals surface area (Å²) in [5.41, 5.74) is -3.25. The molecule has 39 heavy (non-hydrogen) atoms. The number of nitrogens with one attached hydrogen (secondary N) is 2. The van der Waals surface area contributed by atoms with E-state index in [4.69, 9.17) is 0 Å². The average molecular weight is 543 g/mol. The zero-order valence-corrected chi connectivity index (χ0v) is 20.3. The van der Waals surface area contributed by atoms with Gasteiger partial charge in [-0.25, -0.2) is 19.0 Å². The number of H-pyrrole nitrogens is 1. The van der Waals surface area contributed by atoms with E-state index in [9.17, 15) is 27.9 Å². The highest BCUT2D eigenvalue weighted by Crippen LogP contribution is 2.32. The molecule has 3 N–H and O–H groups in total. The zero-order valence-electron chi connectivity index (χ0n) is 20.3. The molecule has 0 bridgehead atoms. The van der Waals surface area contributed by atoms with E-state index in [1.165, 1.54) is 28.3 Å². The topological polar surface area (TPSA) is 130 Å². The first-order chi connectivity index (χ1) is 18.5. The van der Waals surface area contributed by atoms with Crippen LogP contribution in [-0.4, -0.2) is 46.6 Å². The summed E-state index contributed by atoms with van der Waals surface area (Å²) < 4.78 is 57.5. The summed E-state index contributed by atoms with van der Waals surface area (Å²) in [6.07, 6.45) is -2.18. The number of aliphatic hydroxyl groups is 1. The van der Waals surface area contributed by atoms with Crippen molar-refractivity contribution in [2.45, 2.75) is 38.2 Å². The first-order valence-electron chi connectivity index (χ1n) is 11.7. The molecule has 1 unspecified atom stereocenters. The van der Waals surface area contributed by atoms with Crippen LogP contribution in [0.25, 0.3) is 27.8 Å². The summed E-state index contributed by atoms with van der Waals surface area (Å²) >= 11 is 0. The van der Waals surface area contributed by atoms with Crippen molar-refractivity contribution < 1.29 is 22.7 Å². The lowest BCUT2D eigenvalue weighted by molar-refractivity contribution is -0.138. The van der Waals surface area contributed by atoms with Gasteiger partial charge in [0.05, 0.1) is 35.5 Å². The van der Waals surface area contributed by atoms with Crippen molar-refractivity contribution >= 4 is 22.1 Å². The lowest BCUT2D eigenvalue weighted by Gasteiger charge is -2.21. The number of hydrogen-bond donors (Lipinski definition) is 3. The van der Waals surface area contributed by atoms with Crippen LogP contribution in [0.5, 0.6) is 0 Å². The number of anilines is 1. The molecule has 4 aromatic heterocycles. The smallest absolute Gasteiger partial charge is 0.391 e. The summed E-state index contributed by atoms with van der Waals surface area (Å²) in [7, 11) is 0. The monoisotopic (exact) mass is 543 g/mol. The third kappa shape index (κ3) is 5.23. The van der Waals surface area contributed by atoms with E-state index in [1.54, 1.807) is 35.6 Å². The minimum atomic E-state index is -4.91. The fourth-order valence-electron chi connectivity index (χ4n) is 4.39. The Labute approximate surface area is 216 Å². The molecule has 0 aliphatic rings. The van der Waals surface area contributed by atoms with E-state index in [2.05, 4.69) is 20.5 Å². The van der Waals surface area contributed by atoms with Crippen LogP contribution in [0.2, 0.25) is 0 Å². The standard InChI is InChI=1S/C25H21F4N7O3/c1-13(31-19-11-30-33-23(38)21(19)25(27,28)29)8-15(37)12-35-7-5-14-9-17(18(26)10-16(14)24(35)39)22-32-20-4-2-3-6-36(20)34-22/h2-7,9-11,13,15,37H,8,12H2,1H3,(H2,31,33,38)/t13-,15?/m0/s1. The van der Waals surface area contributed by atoms with Gasteiger partial charge in [-0.3, -0.25) is 9.59 Å². The normalized spacial score (nSPS) is 13.6. The first-order valence-corrected chi connectivity index (χ1v) is 11.7. The highest BCUT2D eigenvalue weighted by Gasteiger charge is 2.37. The predicted octanol–water partition coefficient (Wildman–Crippen LogP) is 3.20. The second kappa shape index (κ2) is 9.94. The number of rotatable bonds is 7. The maximum atomic E-state index is 15.0. The van der Waals surface area contributed by atoms with Crippen molar-refractivity contribution in [1.82, 2.24) is 29.4 Å². The number of benzene rings is 1. The summed E-state index contributed by atoms with van der Waals surface area (Å²) in [4.78, 5) is 29.0. The number of hydrogen-bond acceptors (Lipinski definition) is 7. The van der Waals surface area contributed by atoms with Crippen LogP contribution in [0, 0.1) is 5.82 Å². The quantitative estimate of drug-likeness (QED) is 0.269. The highest BCUT2D eigenvalue weighted by molar-refractivity contribution is 5.86. The Kier molecular flexibility index (Phi) is 6.64. The second-order valence-corrected chi connectivity index (χ2v) is 9.05. The summed E-state index contributed by atoms with van der Waals surface area (Å²) in [5.74, 6) is -0.537. The van der Waals surface area contributed by atoms with Crippen LogP contribution in [0.15, 0.2) is 64.6 Å². The Balaban J connectivity index is 1.34. The lowest BCUT2D eigenvalue weighted by Crippen LogP contribution is -2.32. The van der Waals surface area contributed by atoms with Gasteiger partial charge in [0, 0.05) is 18.4 Å². The van der Waals surface area contributed by atoms with Gasteiger partial charge in [0.25, 0.3) is 11.1 Å². The molecule has 1 aromatic carbocycles. The first kappa shape index (κ1) is 26.0. The molecule has 0 aliphatic carbocycles. The maximum Gasteiger partial charge on any atom is 0.423 e. The molecular formula is C25H21F4N7O3.